The molecule has 0 saturated heterocycles. The summed E-state index contributed by atoms with van der Waals surface area (Å²) in [6.07, 6.45) is 0. The van der Waals surface area contributed by atoms with Gasteiger partial charge in [-0.15, -0.1) is 0 Å². The van der Waals surface area contributed by atoms with Crippen molar-refractivity contribution in [1.29, 1.82) is 0 Å². The zero-order valence-corrected chi connectivity index (χ0v) is 14.5. The molecule has 0 heterocycles. The third kappa shape index (κ3) is 5.46. The largest absolute Gasteiger partial charge is 0.481 e. The number of hydrogen-bond acceptors (Lipinski definition) is 4. The smallest absolute Gasteiger partial charge is 0.344 e. The van der Waals surface area contributed by atoms with Crippen molar-refractivity contribution in [3.8, 4) is 5.75 Å². The second-order valence-electron chi connectivity index (χ2n) is 5.35. The number of ether oxygens (including phenoxy) is 2. The number of hydrogen-bond donors (Lipinski definition) is 1. The molecule has 2 aromatic carbocycles. The topological polar surface area (TPSA) is 64.6 Å². The van der Waals surface area contributed by atoms with E-state index in [1.165, 1.54) is 18.2 Å². The number of anilines is 1. The fourth-order valence-corrected chi connectivity index (χ4v) is 2.52. The number of nitrogens with one attached hydrogen (secondary N) is 1. The van der Waals surface area contributed by atoms with Gasteiger partial charge in [0.2, 0.25) is 0 Å². The summed E-state index contributed by atoms with van der Waals surface area (Å²) in [7, 11) is 0. The normalized spacial score (nSPS) is 10.2. The molecule has 5 nitrogen and oxygen atoms in total. The second-order valence-corrected chi connectivity index (χ2v) is 5.78. The average Bonchev–Trinajstić information content (AvgIpc) is 2.54. The molecule has 0 unspecified atom stereocenters. The molecule has 132 valence electrons. The van der Waals surface area contributed by atoms with Gasteiger partial charge in [-0.25, -0.2) is 9.18 Å². The molecule has 0 aromatic heterocycles. The molecule has 25 heavy (non-hydrogen) atoms. The monoisotopic (exact) mass is 365 g/mol. The Balaban J connectivity index is 1.81. The first-order chi connectivity index (χ1) is 11.9. The number of esters is 1. The van der Waals surface area contributed by atoms with Crippen LogP contribution in [0.5, 0.6) is 5.75 Å². The maximum absolute atomic E-state index is 13.4. The van der Waals surface area contributed by atoms with Gasteiger partial charge in [-0.2, -0.15) is 0 Å². The van der Waals surface area contributed by atoms with Crippen LogP contribution in [-0.4, -0.2) is 25.1 Å². The van der Waals surface area contributed by atoms with Crippen LogP contribution in [0.3, 0.4) is 0 Å². The molecule has 0 spiro atoms. The van der Waals surface area contributed by atoms with Crippen molar-refractivity contribution in [3.05, 3.63) is 58.4 Å². The van der Waals surface area contributed by atoms with Crippen molar-refractivity contribution in [2.24, 2.45) is 0 Å². The number of benzene rings is 2. The summed E-state index contributed by atoms with van der Waals surface area (Å²) in [5.74, 6) is -1.38. The lowest BCUT2D eigenvalue weighted by Crippen LogP contribution is -2.24. The van der Waals surface area contributed by atoms with Crippen LogP contribution in [0.25, 0.3) is 0 Å². The molecular formula is C18H17ClFNO4. The van der Waals surface area contributed by atoms with Crippen LogP contribution in [0.1, 0.15) is 11.1 Å². The quantitative estimate of drug-likeness (QED) is 0.793. The Kier molecular flexibility index (Phi) is 6.36. The molecule has 0 aliphatic carbocycles. The molecule has 0 fully saturated rings. The highest BCUT2D eigenvalue weighted by atomic mass is 35.5. The fraction of sp³-hybridized carbons (Fsp3) is 0.222. The SMILES string of the molecule is Cc1cc(Cl)cc(C)c1OCC(=O)OCC(=O)Nc1ccccc1F. The van der Waals surface area contributed by atoms with Gasteiger partial charge in [-0.3, -0.25) is 4.79 Å². The molecule has 0 radical (unpaired) electrons. The Hall–Kier alpha value is -2.60. The molecular weight excluding hydrogens is 349 g/mol. The van der Waals surface area contributed by atoms with Crippen LogP contribution in [0, 0.1) is 19.7 Å². The Morgan fingerprint density at radius 1 is 1.12 bits per heavy atom. The van der Waals surface area contributed by atoms with Crippen LogP contribution in [0.15, 0.2) is 36.4 Å². The molecule has 1 amide bonds. The van der Waals surface area contributed by atoms with Crippen molar-refractivity contribution in [2.45, 2.75) is 13.8 Å². The van der Waals surface area contributed by atoms with Crippen LogP contribution < -0.4 is 10.1 Å². The van der Waals surface area contributed by atoms with E-state index in [4.69, 9.17) is 21.1 Å². The molecule has 2 rings (SSSR count). The van der Waals surface area contributed by atoms with E-state index in [0.29, 0.717) is 10.8 Å². The van der Waals surface area contributed by atoms with Crippen LogP contribution >= 0.6 is 11.6 Å². The maximum Gasteiger partial charge on any atom is 0.344 e. The Bertz CT molecular complexity index is 771. The summed E-state index contributed by atoms with van der Waals surface area (Å²) in [5, 5.41) is 2.90. The van der Waals surface area contributed by atoms with Gasteiger partial charge in [0.1, 0.15) is 11.6 Å². The average molecular weight is 366 g/mol. The summed E-state index contributed by atoms with van der Waals surface area (Å²) in [4.78, 5) is 23.4. The van der Waals surface area contributed by atoms with E-state index in [1.807, 2.05) is 0 Å². The first-order valence-corrected chi connectivity index (χ1v) is 7.84. The number of para-hydroxylation sites is 1. The summed E-state index contributed by atoms with van der Waals surface area (Å²) in [6.45, 7) is 2.73. The van der Waals surface area contributed by atoms with Crippen LogP contribution in [0.2, 0.25) is 5.02 Å². The van der Waals surface area contributed by atoms with Crippen molar-refractivity contribution in [3.63, 3.8) is 0 Å². The number of halogens is 2. The minimum Gasteiger partial charge on any atom is -0.481 e. The van der Waals surface area contributed by atoms with E-state index < -0.39 is 24.3 Å². The van der Waals surface area contributed by atoms with Gasteiger partial charge >= 0.3 is 5.97 Å². The zero-order valence-electron chi connectivity index (χ0n) is 13.8. The van der Waals surface area contributed by atoms with Gasteiger partial charge in [0.05, 0.1) is 5.69 Å². The molecule has 1 N–H and O–H groups in total. The van der Waals surface area contributed by atoms with Gasteiger partial charge in [-0.05, 0) is 49.2 Å². The fourth-order valence-electron chi connectivity index (χ4n) is 2.19. The predicted octanol–water partition coefficient (Wildman–Crippen LogP) is 3.66. The summed E-state index contributed by atoms with van der Waals surface area (Å²) >= 11 is 5.93. The van der Waals surface area contributed by atoms with Gasteiger partial charge in [0, 0.05) is 5.02 Å². The minimum absolute atomic E-state index is 0.0206. The molecule has 7 heteroatoms. The highest BCUT2D eigenvalue weighted by molar-refractivity contribution is 6.30. The van der Waals surface area contributed by atoms with Gasteiger partial charge in [-0.1, -0.05) is 23.7 Å². The van der Waals surface area contributed by atoms with E-state index in [0.717, 1.165) is 11.1 Å². The summed E-state index contributed by atoms with van der Waals surface area (Å²) in [5.41, 5.74) is 1.59. The predicted molar refractivity (Wildman–Crippen MR) is 92.4 cm³/mol. The lowest BCUT2D eigenvalue weighted by Gasteiger charge is -2.12. The number of rotatable bonds is 6. The zero-order chi connectivity index (χ0) is 18.4. The van der Waals surface area contributed by atoms with Crippen LogP contribution in [-0.2, 0) is 14.3 Å². The molecule has 0 aliphatic heterocycles. The third-order valence-corrected chi connectivity index (χ3v) is 3.49. The first-order valence-electron chi connectivity index (χ1n) is 7.46. The summed E-state index contributed by atoms with van der Waals surface area (Å²) in [6, 6.07) is 9.14. The van der Waals surface area contributed by atoms with Gasteiger partial charge < -0.3 is 14.8 Å². The second kappa shape index (κ2) is 8.48. The van der Waals surface area contributed by atoms with E-state index in [2.05, 4.69) is 5.32 Å². The van der Waals surface area contributed by atoms with Crippen molar-refractivity contribution in [1.82, 2.24) is 0 Å². The summed E-state index contributed by atoms with van der Waals surface area (Å²) < 4.78 is 23.7. The molecule has 0 aliphatic rings. The number of carbonyl (C=O) groups is 2. The van der Waals surface area contributed by atoms with Gasteiger partial charge in [0.15, 0.2) is 13.2 Å². The number of carbonyl (C=O) groups excluding carboxylic acids is 2. The Labute approximate surface area is 149 Å². The Morgan fingerprint density at radius 3 is 2.40 bits per heavy atom. The van der Waals surface area contributed by atoms with E-state index >= 15 is 0 Å². The van der Waals surface area contributed by atoms with Gasteiger partial charge in [0.25, 0.3) is 5.91 Å². The molecule has 0 atom stereocenters. The van der Waals surface area contributed by atoms with E-state index in [1.54, 1.807) is 32.0 Å². The lowest BCUT2D eigenvalue weighted by atomic mass is 10.1. The number of amides is 1. The first kappa shape index (κ1) is 18.7. The minimum atomic E-state index is -0.711. The Morgan fingerprint density at radius 2 is 1.76 bits per heavy atom. The molecule has 2 aromatic rings. The molecule has 0 bridgehead atoms. The lowest BCUT2D eigenvalue weighted by molar-refractivity contribution is -0.149. The maximum atomic E-state index is 13.4. The highest BCUT2D eigenvalue weighted by Gasteiger charge is 2.12. The van der Waals surface area contributed by atoms with E-state index in [9.17, 15) is 14.0 Å². The third-order valence-electron chi connectivity index (χ3n) is 3.27. The van der Waals surface area contributed by atoms with Crippen molar-refractivity contribution >= 4 is 29.2 Å². The standard InChI is InChI=1S/C18H17ClFNO4/c1-11-7-13(19)8-12(2)18(11)25-10-17(23)24-9-16(22)21-15-6-4-3-5-14(15)20/h3-8H,9-10H2,1-2H3,(H,21,22). The molecule has 0 saturated carbocycles. The highest BCUT2D eigenvalue weighted by Crippen LogP contribution is 2.26. The number of aryl methyl sites for hydroxylation is 2. The van der Waals surface area contributed by atoms with E-state index in [-0.39, 0.29) is 12.3 Å². The van der Waals surface area contributed by atoms with Crippen molar-refractivity contribution in [2.75, 3.05) is 18.5 Å². The van der Waals surface area contributed by atoms with Crippen molar-refractivity contribution < 1.29 is 23.5 Å². The van der Waals surface area contributed by atoms with Crippen LogP contribution in [0.4, 0.5) is 10.1 Å².